The summed E-state index contributed by atoms with van der Waals surface area (Å²) in [4.78, 5) is 12.2. The molecule has 2 unspecified atom stereocenters. The maximum absolute atomic E-state index is 12.2. The maximum atomic E-state index is 12.2. The minimum Gasteiger partial charge on any atom is -0.411 e. The number of rotatable bonds is 5. The van der Waals surface area contributed by atoms with Crippen LogP contribution >= 0.6 is 23.4 Å². The van der Waals surface area contributed by atoms with Crippen molar-refractivity contribution < 1.29 is 9.21 Å². The molecule has 2 aromatic rings. The summed E-state index contributed by atoms with van der Waals surface area (Å²) < 4.78 is 5.60. The Labute approximate surface area is 173 Å². The summed E-state index contributed by atoms with van der Waals surface area (Å²) >= 11 is 7.33. The number of halogens is 1. The van der Waals surface area contributed by atoms with E-state index in [0.29, 0.717) is 27.6 Å². The highest BCUT2D eigenvalue weighted by molar-refractivity contribution is 7.99. The number of nitrogens with one attached hydrogen (secondary N) is 1. The van der Waals surface area contributed by atoms with Crippen LogP contribution in [0.25, 0.3) is 11.5 Å². The fourth-order valence-corrected chi connectivity index (χ4v) is 5.17. The van der Waals surface area contributed by atoms with Crippen LogP contribution in [0.2, 0.25) is 5.02 Å². The number of carbonyl (C=O) groups excluding carboxylic acids is 1. The summed E-state index contributed by atoms with van der Waals surface area (Å²) in [6.45, 7) is 6.91. The molecule has 6 nitrogen and oxygen atoms in total. The van der Waals surface area contributed by atoms with Crippen molar-refractivity contribution in [3.63, 3.8) is 0 Å². The number of fused-ring (bicyclic) bond motifs is 2. The second-order valence-electron chi connectivity index (χ2n) is 8.23. The van der Waals surface area contributed by atoms with Crippen molar-refractivity contribution in [2.75, 3.05) is 5.75 Å². The van der Waals surface area contributed by atoms with Gasteiger partial charge < -0.3 is 4.42 Å². The van der Waals surface area contributed by atoms with E-state index >= 15 is 0 Å². The highest BCUT2D eigenvalue weighted by Gasteiger charge is 2.60. The highest BCUT2D eigenvalue weighted by atomic mass is 35.5. The quantitative estimate of drug-likeness (QED) is 0.557. The van der Waals surface area contributed by atoms with Crippen molar-refractivity contribution in [3.8, 4) is 11.5 Å². The number of thioether (sulfide) groups is 1. The molecular weight excluding hydrogens is 396 g/mol. The lowest BCUT2D eigenvalue weighted by atomic mass is 9.70. The second kappa shape index (κ2) is 7.19. The monoisotopic (exact) mass is 418 g/mol. The summed E-state index contributed by atoms with van der Waals surface area (Å²) in [7, 11) is 0. The summed E-state index contributed by atoms with van der Waals surface area (Å²) in [5.74, 6) is 0.971. The molecule has 0 saturated heterocycles. The number of hydrazone groups is 1. The lowest BCUT2D eigenvalue weighted by Crippen LogP contribution is -2.34. The number of hydrogen-bond acceptors (Lipinski definition) is 6. The smallest absolute Gasteiger partial charge is 0.277 e. The van der Waals surface area contributed by atoms with E-state index in [-0.39, 0.29) is 22.5 Å². The molecule has 2 saturated carbocycles. The van der Waals surface area contributed by atoms with Crippen molar-refractivity contribution in [1.82, 2.24) is 15.6 Å². The molecule has 1 amide bonds. The predicted octanol–water partition coefficient (Wildman–Crippen LogP) is 4.80. The summed E-state index contributed by atoms with van der Waals surface area (Å²) in [6.07, 6.45) is 3.36. The van der Waals surface area contributed by atoms with Gasteiger partial charge in [-0.05, 0) is 42.7 Å². The van der Waals surface area contributed by atoms with Gasteiger partial charge in [0.25, 0.3) is 11.1 Å². The van der Waals surface area contributed by atoms with Gasteiger partial charge in [0.1, 0.15) is 0 Å². The third kappa shape index (κ3) is 3.24. The molecule has 0 aliphatic heterocycles. The van der Waals surface area contributed by atoms with Gasteiger partial charge in [-0.15, -0.1) is 10.2 Å². The van der Waals surface area contributed by atoms with Crippen molar-refractivity contribution in [2.24, 2.45) is 21.8 Å². The van der Waals surface area contributed by atoms with Crippen LogP contribution in [0.15, 0.2) is 39.0 Å². The largest absolute Gasteiger partial charge is 0.411 e. The number of nitrogens with zero attached hydrogens (tertiary/aromatic N) is 3. The number of benzene rings is 1. The average molecular weight is 419 g/mol. The van der Waals surface area contributed by atoms with Gasteiger partial charge in [0.2, 0.25) is 5.89 Å². The molecule has 1 aromatic heterocycles. The Morgan fingerprint density at radius 3 is 2.82 bits per heavy atom. The molecule has 1 heterocycles. The number of hydrogen-bond donors (Lipinski definition) is 1. The Bertz CT molecular complexity index is 942. The third-order valence-electron chi connectivity index (χ3n) is 6.67. The molecule has 1 aromatic carbocycles. The van der Waals surface area contributed by atoms with Gasteiger partial charge in [0.05, 0.1) is 16.3 Å². The minimum absolute atomic E-state index is 0.0778. The van der Waals surface area contributed by atoms with E-state index in [1.165, 1.54) is 18.2 Å². The zero-order valence-corrected chi connectivity index (χ0v) is 17.7. The Balaban J connectivity index is 1.34. The Morgan fingerprint density at radius 2 is 2.14 bits per heavy atom. The zero-order valence-electron chi connectivity index (χ0n) is 16.2. The van der Waals surface area contributed by atoms with Crippen molar-refractivity contribution in [1.29, 1.82) is 0 Å². The minimum atomic E-state index is -0.181. The molecule has 2 atom stereocenters. The topological polar surface area (TPSA) is 80.4 Å². The summed E-state index contributed by atoms with van der Waals surface area (Å²) in [5, 5.41) is 13.3. The summed E-state index contributed by atoms with van der Waals surface area (Å²) in [6, 6.07) is 7.26. The van der Waals surface area contributed by atoms with Crippen LogP contribution in [0.3, 0.4) is 0 Å². The van der Waals surface area contributed by atoms with Gasteiger partial charge in [0, 0.05) is 11.1 Å². The second-order valence-corrected chi connectivity index (χ2v) is 9.56. The standard InChI is InChI=1S/C20H23ClN4O2S/c1-19(2)12-8-9-20(19,3)15(10-12)22-23-16(26)11-28-18-25-24-17(27-18)13-6-4-5-7-14(13)21/h4-7,12H,8-11H2,1-3H3,(H,23,26)/b22-15+. The van der Waals surface area contributed by atoms with E-state index in [1.807, 2.05) is 18.2 Å². The molecule has 1 N–H and O–H groups in total. The van der Waals surface area contributed by atoms with E-state index in [1.54, 1.807) is 6.07 Å². The van der Waals surface area contributed by atoms with E-state index in [9.17, 15) is 4.79 Å². The van der Waals surface area contributed by atoms with E-state index in [4.69, 9.17) is 16.0 Å². The first kappa shape index (κ1) is 19.5. The molecule has 2 fully saturated rings. The van der Waals surface area contributed by atoms with Crippen LogP contribution in [-0.2, 0) is 4.79 Å². The number of aromatic nitrogens is 2. The number of carbonyl (C=O) groups is 1. The van der Waals surface area contributed by atoms with Crippen LogP contribution < -0.4 is 5.43 Å². The van der Waals surface area contributed by atoms with Crippen LogP contribution in [0.4, 0.5) is 0 Å². The van der Waals surface area contributed by atoms with Crippen molar-refractivity contribution in [2.45, 2.75) is 45.3 Å². The molecule has 2 aliphatic carbocycles. The Morgan fingerprint density at radius 1 is 1.36 bits per heavy atom. The van der Waals surface area contributed by atoms with Crippen molar-refractivity contribution >= 4 is 35.0 Å². The van der Waals surface area contributed by atoms with Gasteiger partial charge in [-0.2, -0.15) is 5.10 Å². The lowest BCUT2D eigenvalue weighted by molar-refractivity contribution is -0.118. The SMILES string of the molecule is CC12CCC(C/C1=N\NC(=O)CSc1nnc(-c3ccccc3Cl)o1)C2(C)C. The molecule has 2 bridgehead atoms. The molecule has 148 valence electrons. The van der Waals surface area contributed by atoms with Gasteiger partial charge in [-0.3, -0.25) is 4.79 Å². The molecular formula is C20H23ClN4O2S. The molecule has 0 spiro atoms. The van der Waals surface area contributed by atoms with E-state index < -0.39 is 0 Å². The first-order valence-corrected chi connectivity index (χ1v) is 10.7. The molecule has 0 radical (unpaired) electrons. The van der Waals surface area contributed by atoms with E-state index in [0.717, 1.165) is 18.6 Å². The normalized spacial score (nSPS) is 26.7. The predicted molar refractivity (Wildman–Crippen MR) is 110 cm³/mol. The van der Waals surface area contributed by atoms with Crippen LogP contribution in [0.1, 0.15) is 40.0 Å². The van der Waals surface area contributed by atoms with Crippen molar-refractivity contribution in [3.05, 3.63) is 29.3 Å². The van der Waals surface area contributed by atoms with Crippen LogP contribution in [0, 0.1) is 16.7 Å². The molecule has 28 heavy (non-hydrogen) atoms. The first-order valence-electron chi connectivity index (χ1n) is 9.38. The number of amides is 1. The molecule has 8 heteroatoms. The fraction of sp³-hybridized carbons (Fsp3) is 0.500. The summed E-state index contributed by atoms with van der Waals surface area (Å²) in [5.41, 5.74) is 4.81. The van der Waals surface area contributed by atoms with Gasteiger partial charge in [-0.1, -0.05) is 56.3 Å². The third-order valence-corrected chi connectivity index (χ3v) is 7.81. The van der Waals surface area contributed by atoms with Gasteiger partial charge in [0.15, 0.2) is 0 Å². The fourth-order valence-electron chi connectivity index (χ4n) is 4.40. The van der Waals surface area contributed by atoms with Gasteiger partial charge >= 0.3 is 0 Å². The van der Waals surface area contributed by atoms with E-state index in [2.05, 4.69) is 41.5 Å². The average Bonchev–Trinajstić information content (AvgIpc) is 3.27. The van der Waals surface area contributed by atoms with Gasteiger partial charge in [-0.25, -0.2) is 5.43 Å². The Hall–Kier alpha value is -1.86. The highest BCUT2D eigenvalue weighted by Crippen LogP contribution is 2.63. The first-order chi connectivity index (χ1) is 13.3. The molecule has 2 aliphatic rings. The maximum Gasteiger partial charge on any atom is 0.277 e. The molecule has 4 rings (SSSR count). The van der Waals surface area contributed by atoms with Crippen LogP contribution in [0.5, 0.6) is 0 Å². The van der Waals surface area contributed by atoms with Crippen LogP contribution in [-0.4, -0.2) is 27.6 Å². The Kier molecular flexibility index (Phi) is 5.00. The zero-order chi connectivity index (χ0) is 19.9. The lowest BCUT2D eigenvalue weighted by Gasteiger charge is -2.34.